The van der Waals surface area contributed by atoms with Crippen LogP contribution in [0.4, 0.5) is 0 Å². The first-order valence-electron chi connectivity index (χ1n) is 7.20. The number of aromatic nitrogens is 2. The molecule has 0 spiro atoms. The molecule has 5 heteroatoms. The molecule has 0 aliphatic carbocycles. The smallest absolute Gasteiger partial charge is 0.136 e. The molecule has 0 saturated carbocycles. The minimum Gasteiger partial charge on any atom is -0.388 e. The second-order valence-electron chi connectivity index (χ2n) is 6.23. The Morgan fingerprint density at radius 2 is 2.11 bits per heavy atom. The first kappa shape index (κ1) is 16.4. The van der Waals surface area contributed by atoms with Crippen LogP contribution in [0.2, 0.25) is 25.7 Å². The van der Waals surface area contributed by atoms with Crippen LogP contribution in [0.3, 0.4) is 0 Å². The molecule has 19 heavy (non-hydrogen) atoms. The maximum Gasteiger partial charge on any atom is 0.136 e. The van der Waals surface area contributed by atoms with Crippen molar-refractivity contribution in [1.82, 2.24) is 9.55 Å². The molecule has 1 aromatic rings. The minimum atomic E-state index is -1.03. The molecular formula is C14H28N2O2Si. The number of ether oxygens (including phenoxy) is 1. The summed E-state index contributed by atoms with van der Waals surface area (Å²) in [4.78, 5) is 4.44. The van der Waals surface area contributed by atoms with E-state index >= 15 is 0 Å². The fourth-order valence-electron chi connectivity index (χ4n) is 1.77. The third-order valence-corrected chi connectivity index (χ3v) is 4.77. The van der Waals surface area contributed by atoms with Crippen LogP contribution in [0.1, 0.15) is 31.3 Å². The number of imidazole rings is 1. The van der Waals surface area contributed by atoms with Crippen molar-refractivity contribution in [2.45, 2.75) is 65.2 Å². The van der Waals surface area contributed by atoms with Crippen molar-refractivity contribution in [2.75, 3.05) is 6.61 Å². The minimum absolute atomic E-state index is 0.0243. The number of aliphatic hydroxyl groups is 1. The van der Waals surface area contributed by atoms with Gasteiger partial charge in [-0.25, -0.2) is 4.98 Å². The summed E-state index contributed by atoms with van der Waals surface area (Å²) in [5.41, 5.74) is 1.06. The number of nitrogens with zero attached hydrogens (tertiary/aromatic N) is 2. The summed E-state index contributed by atoms with van der Waals surface area (Å²) in [5.74, 6) is 0.708. The van der Waals surface area contributed by atoms with E-state index in [4.69, 9.17) is 4.74 Å². The van der Waals surface area contributed by atoms with Crippen LogP contribution in [0.15, 0.2) is 6.20 Å². The first-order chi connectivity index (χ1) is 8.96. The van der Waals surface area contributed by atoms with E-state index in [2.05, 4.69) is 31.5 Å². The topological polar surface area (TPSA) is 47.3 Å². The van der Waals surface area contributed by atoms with Crippen LogP contribution < -0.4 is 0 Å². The van der Waals surface area contributed by atoms with E-state index in [1.807, 2.05) is 10.8 Å². The van der Waals surface area contributed by atoms with E-state index in [9.17, 15) is 5.11 Å². The predicted octanol–water partition coefficient (Wildman–Crippen LogP) is 3.03. The lowest BCUT2D eigenvalue weighted by molar-refractivity contribution is 0.0817. The van der Waals surface area contributed by atoms with Crippen molar-refractivity contribution in [3.63, 3.8) is 0 Å². The molecule has 1 N–H and O–H groups in total. The van der Waals surface area contributed by atoms with Gasteiger partial charge < -0.3 is 14.4 Å². The number of aliphatic hydroxyl groups excluding tert-OH is 1. The predicted molar refractivity (Wildman–Crippen MR) is 80.9 cm³/mol. The molecule has 0 amide bonds. The highest BCUT2D eigenvalue weighted by Gasteiger charge is 2.12. The third kappa shape index (κ3) is 6.36. The van der Waals surface area contributed by atoms with Crippen molar-refractivity contribution in [1.29, 1.82) is 0 Å². The molecule has 0 saturated heterocycles. The Labute approximate surface area is 117 Å². The standard InChI is InChI=1S/C14H28N2O2Si/c1-5-6-7-13-10-16(14(11-17)15-13)12-18-8-9-19(2,3)4/h10,17H,5-9,11-12H2,1-4H3. The van der Waals surface area contributed by atoms with E-state index in [1.54, 1.807) is 0 Å². The highest BCUT2D eigenvalue weighted by molar-refractivity contribution is 6.76. The molecule has 0 fully saturated rings. The van der Waals surface area contributed by atoms with Crippen LogP contribution in [-0.2, 0) is 24.5 Å². The van der Waals surface area contributed by atoms with Crippen molar-refractivity contribution < 1.29 is 9.84 Å². The second kappa shape index (κ2) is 7.82. The number of unbranched alkanes of at least 4 members (excludes halogenated alkanes) is 1. The largest absolute Gasteiger partial charge is 0.388 e. The van der Waals surface area contributed by atoms with Crippen LogP contribution in [0.25, 0.3) is 0 Å². The van der Waals surface area contributed by atoms with Gasteiger partial charge in [0, 0.05) is 20.9 Å². The summed E-state index contributed by atoms with van der Waals surface area (Å²) in [6, 6.07) is 1.17. The fraction of sp³-hybridized carbons (Fsp3) is 0.786. The zero-order chi connectivity index (χ0) is 14.3. The number of hydrogen-bond donors (Lipinski definition) is 1. The highest BCUT2D eigenvalue weighted by atomic mass is 28.3. The monoisotopic (exact) mass is 284 g/mol. The van der Waals surface area contributed by atoms with Gasteiger partial charge in [-0.1, -0.05) is 33.0 Å². The van der Waals surface area contributed by atoms with Gasteiger partial charge >= 0.3 is 0 Å². The summed E-state index contributed by atoms with van der Waals surface area (Å²) < 4.78 is 7.63. The fourth-order valence-corrected chi connectivity index (χ4v) is 2.53. The molecule has 4 nitrogen and oxygen atoms in total. The summed E-state index contributed by atoms with van der Waals surface area (Å²) >= 11 is 0. The molecule has 0 aromatic carbocycles. The van der Waals surface area contributed by atoms with E-state index in [-0.39, 0.29) is 6.61 Å². The summed E-state index contributed by atoms with van der Waals surface area (Å²) in [7, 11) is -1.03. The molecule has 1 heterocycles. The lowest BCUT2D eigenvalue weighted by Gasteiger charge is -2.15. The molecule has 0 radical (unpaired) electrons. The molecule has 0 bridgehead atoms. The van der Waals surface area contributed by atoms with Gasteiger partial charge in [-0.2, -0.15) is 0 Å². The van der Waals surface area contributed by atoms with Gasteiger partial charge in [0.25, 0.3) is 0 Å². The summed E-state index contributed by atoms with van der Waals surface area (Å²) in [6.45, 7) is 10.5. The molecule has 110 valence electrons. The van der Waals surface area contributed by atoms with Crippen LogP contribution in [0, 0.1) is 0 Å². The van der Waals surface area contributed by atoms with Crippen molar-refractivity contribution in [3.05, 3.63) is 17.7 Å². The Balaban J connectivity index is 2.45. The average molecular weight is 284 g/mol. The van der Waals surface area contributed by atoms with E-state index < -0.39 is 8.07 Å². The Bertz CT molecular complexity index is 372. The van der Waals surface area contributed by atoms with Crippen LogP contribution in [0.5, 0.6) is 0 Å². The molecule has 1 aromatic heterocycles. The lowest BCUT2D eigenvalue weighted by atomic mass is 10.2. The SMILES string of the molecule is CCCCc1cn(COCC[Si](C)(C)C)c(CO)n1. The Kier molecular flexibility index (Phi) is 6.75. The Morgan fingerprint density at radius 3 is 2.68 bits per heavy atom. The number of rotatable bonds is 9. The van der Waals surface area contributed by atoms with Crippen molar-refractivity contribution >= 4 is 8.07 Å². The zero-order valence-electron chi connectivity index (χ0n) is 12.8. The van der Waals surface area contributed by atoms with Gasteiger partial charge in [0.05, 0.1) is 5.69 Å². The first-order valence-corrected chi connectivity index (χ1v) is 10.9. The molecule has 0 aliphatic rings. The summed E-state index contributed by atoms with van der Waals surface area (Å²) in [5, 5.41) is 9.31. The van der Waals surface area contributed by atoms with Crippen LogP contribution in [-0.4, -0.2) is 29.3 Å². The van der Waals surface area contributed by atoms with E-state index in [1.165, 1.54) is 6.04 Å². The van der Waals surface area contributed by atoms with Gasteiger partial charge in [0.15, 0.2) is 0 Å². The maximum absolute atomic E-state index is 9.31. The average Bonchev–Trinajstić information content (AvgIpc) is 2.73. The highest BCUT2D eigenvalue weighted by Crippen LogP contribution is 2.10. The molecule has 0 atom stereocenters. The molecule has 1 rings (SSSR count). The zero-order valence-corrected chi connectivity index (χ0v) is 13.8. The van der Waals surface area contributed by atoms with Gasteiger partial charge in [-0.05, 0) is 18.9 Å². The quantitative estimate of drug-likeness (QED) is 0.560. The van der Waals surface area contributed by atoms with Gasteiger partial charge in [0.2, 0.25) is 0 Å². The lowest BCUT2D eigenvalue weighted by Crippen LogP contribution is -2.22. The Morgan fingerprint density at radius 1 is 1.37 bits per heavy atom. The normalized spacial score (nSPS) is 12.1. The number of aryl methyl sites for hydroxylation is 1. The summed E-state index contributed by atoms with van der Waals surface area (Å²) in [6.07, 6.45) is 5.29. The maximum atomic E-state index is 9.31. The molecular weight excluding hydrogens is 256 g/mol. The van der Waals surface area contributed by atoms with Crippen molar-refractivity contribution in [2.24, 2.45) is 0 Å². The second-order valence-corrected chi connectivity index (χ2v) is 11.8. The van der Waals surface area contributed by atoms with Crippen LogP contribution >= 0.6 is 0 Å². The van der Waals surface area contributed by atoms with E-state index in [0.29, 0.717) is 12.6 Å². The Hall–Kier alpha value is -0.653. The molecule has 0 aliphatic heterocycles. The van der Waals surface area contributed by atoms with Gasteiger partial charge in [0.1, 0.15) is 19.2 Å². The van der Waals surface area contributed by atoms with E-state index in [0.717, 1.165) is 31.6 Å². The van der Waals surface area contributed by atoms with Gasteiger partial charge in [-0.15, -0.1) is 0 Å². The third-order valence-electron chi connectivity index (χ3n) is 3.06. The molecule has 0 unspecified atom stereocenters. The van der Waals surface area contributed by atoms with Gasteiger partial charge in [-0.3, -0.25) is 0 Å². The number of hydrogen-bond acceptors (Lipinski definition) is 3. The van der Waals surface area contributed by atoms with Crippen molar-refractivity contribution in [3.8, 4) is 0 Å².